The lowest BCUT2D eigenvalue weighted by molar-refractivity contribution is -0.118. The van der Waals surface area contributed by atoms with Crippen molar-refractivity contribution in [2.24, 2.45) is 0 Å². The molecule has 0 atom stereocenters. The number of ether oxygens (including phenoxy) is 2. The summed E-state index contributed by atoms with van der Waals surface area (Å²) in [5.41, 5.74) is 1.41. The number of carbonyl (C=O) groups excluding carboxylic acids is 3. The Hall–Kier alpha value is -4.07. The van der Waals surface area contributed by atoms with Crippen LogP contribution in [0.3, 0.4) is 0 Å². The van der Waals surface area contributed by atoms with Crippen LogP contribution in [0, 0.1) is 0 Å². The maximum Gasteiger partial charge on any atom is 0.337 e. The third-order valence-corrected chi connectivity index (χ3v) is 3.80. The number of methoxy groups -OCH3 is 1. The Bertz CT molecular complexity index is 996. The molecule has 0 aliphatic rings. The number of hydrogen-bond acceptors (Lipinski definition) is 6. The lowest BCUT2D eigenvalue weighted by atomic mass is 10.2. The van der Waals surface area contributed by atoms with Crippen molar-refractivity contribution < 1.29 is 28.3 Å². The monoisotopic (exact) mass is 394 g/mol. The SMILES string of the molecule is COC(=O)c1ccc(NC(=O)COc2cccc(NC(=O)c3ccco3)c2)cc1. The Morgan fingerprint density at radius 1 is 0.931 bits per heavy atom. The minimum atomic E-state index is -0.453. The number of nitrogens with one attached hydrogen (secondary N) is 2. The second kappa shape index (κ2) is 9.23. The highest BCUT2D eigenvalue weighted by Crippen LogP contribution is 2.18. The molecular formula is C21H18N2O6. The van der Waals surface area contributed by atoms with Gasteiger partial charge < -0.3 is 24.5 Å². The molecule has 0 saturated heterocycles. The molecule has 3 aromatic rings. The fraction of sp³-hybridized carbons (Fsp3) is 0.0952. The first-order valence-corrected chi connectivity index (χ1v) is 8.61. The van der Waals surface area contributed by atoms with Crippen LogP contribution in [0.2, 0.25) is 0 Å². The molecule has 8 nitrogen and oxygen atoms in total. The Morgan fingerprint density at radius 2 is 1.72 bits per heavy atom. The van der Waals surface area contributed by atoms with E-state index in [0.29, 0.717) is 22.7 Å². The highest BCUT2D eigenvalue weighted by Gasteiger charge is 2.10. The molecule has 2 amide bonds. The number of benzene rings is 2. The second-order valence-corrected chi connectivity index (χ2v) is 5.87. The van der Waals surface area contributed by atoms with Gasteiger partial charge in [-0.1, -0.05) is 6.07 Å². The van der Waals surface area contributed by atoms with Crippen LogP contribution in [-0.2, 0) is 9.53 Å². The summed E-state index contributed by atoms with van der Waals surface area (Å²) < 4.78 is 15.1. The van der Waals surface area contributed by atoms with E-state index in [9.17, 15) is 14.4 Å². The Labute approximate surface area is 166 Å². The van der Waals surface area contributed by atoms with Crippen molar-refractivity contribution in [3.05, 3.63) is 78.3 Å². The Balaban J connectivity index is 1.52. The van der Waals surface area contributed by atoms with Crippen molar-refractivity contribution in [3.8, 4) is 5.75 Å². The number of esters is 1. The van der Waals surface area contributed by atoms with E-state index >= 15 is 0 Å². The van der Waals surface area contributed by atoms with Gasteiger partial charge in [-0.2, -0.15) is 0 Å². The largest absolute Gasteiger partial charge is 0.484 e. The number of amides is 2. The first kappa shape index (κ1) is 19.7. The molecule has 0 aliphatic heterocycles. The summed E-state index contributed by atoms with van der Waals surface area (Å²) in [7, 11) is 1.30. The van der Waals surface area contributed by atoms with Gasteiger partial charge in [0.25, 0.3) is 11.8 Å². The Morgan fingerprint density at radius 3 is 2.41 bits per heavy atom. The van der Waals surface area contributed by atoms with Gasteiger partial charge in [0, 0.05) is 17.4 Å². The van der Waals surface area contributed by atoms with Gasteiger partial charge in [-0.05, 0) is 48.5 Å². The summed E-state index contributed by atoms with van der Waals surface area (Å²) in [6.07, 6.45) is 1.41. The van der Waals surface area contributed by atoms with Crippen molar-refractivity contribution in [1.82, 2.24) is 0 Å². The molecule has 0 spiro atoms. The van der Waals surface area contributed by atoms with Gasteiger partial charge in [-0.3, -0.25) is 9.59 Å². The molecule has 0 saturated carbocycles. The minimum absolute atomic E-state index is 0.189. The molecule has 2 aromatic carbocycles. The average molecular weight is 394 g/mol. The smallest absolute Gasteiger partial charge is 0.337 e. The highest BCUT2D eigenvalue weighted by atomic mass is 16.5. The van der Waals surface area contributed by atoms with Crippen LogP contribution in [0.1, 0.15) is 20.9 Å². The molecule has 0 radical (unpaired) electrons. The summed E-state index contributed by atoms with van der Waals surface area (Å²) >= 11 is 0. The summed E-state index contributed by atoms with van der Waals surface area (Å²) in [5, 5.41) is 5.34. The molecule has 8 heteroatoms. The zero-order valence-electron chi connectivity index (χ0n) is 15.5. The van der Waals surface area contributed by atoms with Gasteiger partial charge in [0.05, 0.1) is 18.9 Å². The number of rotatable bonds is 7. The van der Waals surface area contributed by atoms with Gasteiger partial charge in [-0.15, -0.1) is 0 Å². The van der Waals surface area contributed by atoms with Crippen molar-refractivity contribution >= 4 is 29.2 Å². The van der Waals surface area contributed by atoms with Crippen LogP contribution in [-0.4, -0.2) is 31.5 Å². The van der Waals surface area contributed by atoms with E-state index < -0.39 is 5.97 Å². The van der Waals surface area contributed by atoms with E-state index in [-0.39, 0.29) is 24.2 Å². The molecule has 1 heterocycles. The van der Waals surface area contributed by atoms with Crippen LogP contribution in [0.4, 0.5) is 11.4 Å². The molecule has 1 aromatic heterocycles. The molecule has 0 unspecified atom stereocenters. The van der Waals surface area contributed by atoms with Gasteiger partial charge in [0.15, 0.2) is 12.4 Å². The lowest BCUT2D eigenvalue weighted by Gasteiger charge is -2.09. The summed E-state index contributed by atoms with van der Waals surface area (Å²) in [4.78, 5) is 35.5. The summed E-state index contributed by atoms with van der Waals surface area (Å²) in [6, 6.07) is 16.1. The summed E-state index contributed by atoms with van der Waals surface area (Å²) in [5.74, 6) is -0.612. The normalized spacial score (nSPS) is 10.1. The Kier molecular flexibility index (Phi) is 6.26. The predicted molar refractivity (Wildman–Crippen MR) is 105 cm³/mol. The van der Waals surface area contributed by atoms with E-state index in [1.165, 1.54) is 13.4 Å². The van der Waals surface area contributed by atoms with Gasteiger partial charge >= 0.3 is 5.97 Å². The van der Waals surface area contributed by atoms with E-state index in [4.69, 9.17) is 9.15 Å². The van der Waals surface area contributed by atoms with E-state index in [1.807, 2.05) is 0 Å². The predicted octanol–water partition coefficient (Wildman–Crippen LogP) is 3.34. The van der Waals surface area contributed by atoms with Gasteiger partial charge in [-0.25, -0.2) is 4.79 Å². The standard InChI is InChI=1S/C21H18N2O6/c1-27-21(26)14-7-9-15(10-8-14)22-19(24)13-29-17-5-2-4-16(12-17)23-20(25)18-6-3-11-28-18/h2-12H,13H2,1H3,(H,22,24)(H,23,25). The quantitative estimate of drug-likeness (QED) is 0.595. The fourth-order valence-electron chi connectivity index (χ4n) is 2.42. The molecule has 0 bridgehead atoms. The number of anilines is 2. The molecule has 2 N–H and O–H groups in total. The van der Waals surface area contributed by atoms with Crippen molar-refractivity contribution in [3.63, 3.8) is 0 Å². The third kappa shape index (κ3) is 5.46. The number of carbonyl (C=O) groups is 3. The topological polar surface area (TPSA) is 107 Å². The van der Waals surface area contributed by atoms with Crippen LogP contribution in [0.5, 0.6) is 5.75 Å². The minimum Gasteiger partial charge on any atom is -0.484 e. The third-order valence-electron chi connectivity index (χ3n) is 3.80. The molecule has 3 rings (SSSR count). The van der Waals surface area contributed by atoms with Crippen LogP contribution in [0.25, 0.3) is 0 Å². The first-order valence-electron chi connectivity index (χ1n) is 8.61. The van der Waals surface area contributed by atoms with E-state index in [1.54, 1.807) is 60.7 Å². The van der Waals surface area contributed by atoms with Crippen molar-refractivity contribution in [2.45, 2.75) is 0 Å². The molecule has 29 heavy (non-hydrogen) atoms. The average Bonchev–Trinajstić information content (AvgIpc) is 3.28. The maximum atomic E-state index is 12.1. The molecule has 148 valence electrons. The van der Waals surface area contributed by atoms with Gasteiger partial charge in [0.2, 0.25) is 0 Å². The van der Waals surface area contributed by atoms with Crippen molar-refractivity contribution in [1.29, 1.82) is 0 Å². The van der Waals surface area contributed by atoms with Crippen LogP contribution in [0.15, 0.2) is 71.3 Å². The second-order valence-electron chi connectivity index (χ2n) is 5.87. The van der Waals surface area contributed by atoms with E-state index in [0.717, 1.165) is 0 Å². The maximum absolute atomic E-state index is 12.1. The lowest BCUT2D eigenvalue weighted by Crippen LogP contribution is -2.20. The number of furan rings is 1. The van der Waals surface area contributed by atoms with Crippen LogP contribution < -0.4 is 15.4 Å². The zero-order chi connectivity index (χ0) is 20.6. The van der Waals surface area contributed by atoms with Gasteiger partial charge in [0.1, 0.15) is 5.75 Å². The number of hydrogen-bond donors (Lipinski definition) is 2. The molecule has 0 fully saturated rings. The molecular weight excluding hydrogens is 376 g/mol. The van der Waals surface area contributed by atoms with Crippen LogP contribution >= 0.6 is 0 Å². The summed E-state index contributed by atoms with van der Waals surface area (Å²) in [6.45, 7) is -0.228. The highest BCUT2D eigenvalue weighted by molar-refractivity contribution is 6.02. The van der Waals surface area contributed by atoms with Crippen molar-refractivity contribution in [2.75, 3.05) is 24.4 Å². The molecule has 0 aliphatic carbocycles. The first-order chi connectivity index (χ1) is 14.0. The fourth-order valence-corrected chi connectivity index (χ4v) is 2.42. The zero-order valence-corrected chi connectivity index (χ0v) is 15.5. The van der Waals surface area contributed by atoms with E-state index in [2.05, 4.69) is 15.4 Å².